The second-order valence-corrected chi connectivity index (χ2v) is 9.51. The first kappa shape index (κ1) is 17.4. The molecule has 0 bridgehead atoms. The Bertz CT molecular complexity index is 810. The number of benzene rings is 1. The van der Waals surface area contributed by atoms with Crippen LogP contribution in [0.5, 0.6) is 0 Å². The van der Waals surface area contributed by atoms with E-state index in [0.29, 0.717) is 10.8 Å². The first-order valence-electron chi connectivity index (χ1n) is 8.46. The summed E-state index contributed by atoms with van der Waals surface area (Å²) < 4.78 is 24.6. The van der Waals surface area contributed by atoms with Crippen molar-refractivity contribution >= 4 is 32.7 Å². The fourth-order valence-corrected chi connectivity index (χ4v) is 4.60. The van der Waals surface area contributed by atoms with Crippen LogP contribution in [0.4, 0.5) is 0 Å². The molecule has 130 valence electrons. The molecule has 1 aromatic rings. The highest BCUT2D eigenvalue weighted by Crippen LogP contribution is 2.38. The molecule has 0 radical (unpaired) electrons. The third-order valence-corrected chi connectivity index (χ3v) is 6.69. The van der Waals surface area contributed by atoms with E-state index in [4.69, 9.17) is 12.2 Å². The Morgan fingerprint density at radius 1 is 1.33 bits per heavy atom. The van der Waals surface area contributed by atoms with Crippen LogP contribution in [-0.2, 0) is 16.3 Å². The smallest absolute Gasteiger partial charge is 0.178 e. The van der Waals surface area contributed by atoms with Crippen molar-refractivity contribution in [3.8, 4) is 0 Å². The maximum Gasteiger partial charge on any atom is 0.178 e. The molecule has 6 heteroatoms. The molecular formula is C18H24N2O2S2. The van der Waals surface area contributed by atoms with Crippen molar-refractivity contribution in [2.24, 2.45) is 5.92 Å². The van der Waals surface area contributed by atoms with E-state index >= 15 is 0 Å². The van der Waals surface area contributed by atoms with Gasteiger partial charge in [-0.15, -0.1) is 0 Å². The van der Waals surface area contributed by atoms with Gasteiger partial charge in [0.1, 0.15) is 4.99 Å². The maximum atomic E-state index is 12.3. The van der Waals surface area contributed by atoms with Gasteiger partial charge in [-0.3, -0.25) is 0 Å². The first-order valence-corrected chi connectivity index (χ1v) is 10.5. The molecule has 3 rings (SSSR count). The van der Waals surface area contributed by atoms with E-state index in [1.165, 1.54) is 0 Å². The summed E-state index contributed by atoms with van der Waals surface area (Å²) in [4.78, 5) is 3.57. The van der Waals surface area contributed by atoms with Crippen LogP contribution < -0.4 is 5.32 Å². The van der Waals surface area contributed by atoms with Crippen LogP contribution in [0.25, 0.3) is 5.70 Å². The van der Waals surface area contributed by atoms with Gasteiger partial charge in [-0.25, -0.2) is 8.42 Å². The number of nitrogens with zero attached hydrogens (tertiary/aromatic N) is 1. The van der Waals surface area contributed by atoms with Crippen LogP contribution in [0.2, 0.25) is 0 Å². The first-order chi connectivity index (χ1) is 11.3. The lowest BCUT2D eigenvalue weighted by atomic mass is 10.1. The van der Waals surface area contributed by atoms with E-state index in [9.17, 15) is 8.42 Å². The maximum absolute atomic E-state index is 12.3. The van der Waals surface area contributed by atoms with E-state index in [-0.39, 0.29) is 5.75 Å². The predicted molar refractivity (Wildman–Crippen MR) is 102 cm³/mol. The van der Waals surface area contributed by atoms with Crippen LogP contribution >= 0.6 is 12.2 Å². The summed E-state index contributed by atoms with van der Waals surface area (Å²) in [6.45, 7) is 8.72. The molecule has 0 unspecified atom stereocenters. The van der Waals surface area contributed by atoms with Gasteiger partial charge in [0.2, 0.25) is 0 Å². The standard InChI is InChI=1S/C18H24N2O2S2/c1-4-24(21,22)14-6-5-13-9-16-17(15(13)10-14)20(11-12(2)3)8-7-19-18(16)23/h5-6,10,12H,4,7-9,11H2,1-3H3,(H,19,23). The Kier molecular flexibility index (Phi) is 4.71. The number of nitrogens with one attached hydrogen (secondary N) is 1. The lowest BCUT2D eigenvalue weighted by Crippen LogP contribution is -2.31. The van der Waals surface area contributed by atoms with E-state index in [0.717, 1.165) is 53.4 Å². The highest BCUT2D eigenvalue weighted by atomic mass is 32.2. The molecule has 24 heavy (non-hydrogen) atoms. The SMILES string of the molecule is CCS(=O)(=O)c1ccc2c(c1)C1=C(C2)C(=S)NCCN1CC(C)C. The number of hydrogen-bond acceptors (Lipinski definition) is 4. The van der Waals surface area contributed by atoms with Crippen LogP contribution in [0.3, 0.4) is 0 Å². The number of rotatable bonds is 4. The molecule has 0 saturated heterocycles. The van der Waals surface area contributed by atoms with Crippen molar-refractivity contribution in [3.05, 3.63) is 34.9 Å². The van der Waals surface area contributed by atoms with Gasteiger partial charge < -0.3 is 10.2 Å². The molecule has 1 heterocycles. The molecule has 0 amide bonds. The zero-order valence-electron chi connectivity index (χ0n) is 14.4. The summed E-state index contributed by atoms with van der Waals surface area (Å²) in [7, 11) is -3.21. The lowest BCUT2D eigenvalue weighted by molar-refractivity contribution is 0.354. The molecule has 0 spiro atoms. The van der Waals surface area contributed by atoms with Crippen molar-refractivity contribution in [2.75, 3.05) is 25.4 Å². The molecule has 0 aromatic heterocycles. The summed E-state index contributed by atoms with van der Waals surface area (Å²) in [5, 5.41) is 3.32. The summed E-state index contributed by atoms with van der Waals surface area (Å²) >= 11 is 5.56. The number of sulfone groups is 1. The molecule has 1 aliphatic heterocycles. The zero-order chi connectivity index (χ0) is 17.5. The monoisotopic (exact) mass is 364 g/mol. The highest BCUT2D eigenvalue weighted by molar-refractivity contribution is 7.91. The summed E-state index contributed by atoms with van der Waals surface area (Å²) in [5.74, 6) is 0.643. The highest BCUT2D eigenvalue weighted by Gasteiger charge is 2.31. The third-order valence-electron chi connectivity index (χ3n) is 4.57. The normalized spacial score (nSPS) is 17.7. The van der Waals surface area contributed by atoms with Crippen LogP contribution in [0.15, 0.2) is 28.7 Å². The van der Waals surface area contributed by atoms with E-state index in [1.807, 2.05) is 12.1 Å². The minimum Gasteiger partial charge on any atom is -0.374 e. The Balaban J connectivity index is 2.12. The third kappa shape index (κ3) is 3.09. The Hall–Kier alpha value is -1.40. The average Bonchev–Trinajstić information content (AvgIpc) is 2.85. The van der Waals surface area contributed by atoms with Crippen molar-refractivity contribution in [1.29, 1.82) is 0 Å². The van der Waals surface area contributed by atoms with Gasteiger partial charge in [-0.2, -0.15) is 0 Å². The Labute approximate surface area is 149 Å². The minimum atomic E-state index is -3.21. The molecule has 0 atom stereocenters. The topological polar surface area (TPSA) is 49.4 Å². The predicted octanol–water partition coefficient (Wildman–Crippen LogP) is 2.64. The Morgan fingerprint density at radius 3 is 2.75 bits per heavy atom. The van der Waals surface area contributed by atoms with E-state index in [1.54, 1.807) is 13.0 Å². The number of hydrogen-bond donors (Lipinski definition) is 1. The van der Waals surface area contributed by atoms with Gasteiger partial charge in [0.05, 0.1) is 16.3 Å². The van der Waals surface area contributed by atoms with Gasteiger partial charge in [0.25, 0.3) is 0 Å². The second-order valence-electron chi connectivity index (χ2n) is 6.82. The number of fused-ring (bicyclic) bond motifs is 2. The van der Waals surface area contributed by atoms with Crippen LogP contribution in [-0.4, -0.2) is 43.7 Å². The van der Waals surface area contributed by atoms with Crippen molar-refractivity contribution in [1.82, 2.24) is 10.2 Å². The quantitative estimate of drug-likeness (QED) is 0.833. The molecule has 1 aromatic carbocycles. The molecule has 0 saturated carbocycles. The van der Waals surface area contributed by atoms with Crippen molar-refractivity contribution in [2.45, 2.75) is 32.1 Å². The van der Waals surface area contributed by atoms with Gasteiger partial charge >= 0.3 is 0 Å². The molecule has 2 aliphatic rings. The van der Waals surface area contributed by atoms with Gasteiger partial charge in [0, 0.05) is 37.2 Å². The molecule has 1 aliphatic carbocycles. The van der Waals surface area contributed by atoms with E-state index < -0.39 is 9.84 Å². The van der Waals surface area contributed by atoms with Crippen LogP contribution in [0, 0.1) is 5.92 Å². The van der Waals surface area contributed by atoms with Crippen molar-refractivity contribution < 1.29 is 8.42 Å². The van der Waals surface area contributed by atoms with E-state index in [2.05, 4.69) is 24.1 Å². The fraction of sp³-hybridized carbons (Fsp3) is 0.500. The lowest BCUT2D eigenvalue weighted by Gasteiger charge is -2.28. The summed E-state index contributed by atoms with van der Waals surface area (Å²) in [6, 6.07) is 5.52. The summed E-state index contributed by atoms with van der Waals surface area (Å²) in [5.41, 5.74) is 4.45. The van der Waals surface area contributed by atoms with Gasteiger partial charge in [-0.05, 0) is 23.6 Å². The largest absolute Gasteiger partial charge is 0.374 e. The molecule has 1 N–H and O–H groups in total. The Morgan fingerprint density at radius 2 is 2.08 bits per heavy atom. The summed E-state index contributed by atoms with van der Waals surface area (Å²) in [6.07, 6.45) is 0.775. The molecular weight excluding hydrogens is 340 g/mol. The van der Waals surface area contributed by atoms with Crippen molar-refractivity contribution in [3.63, 3.8) is 0 Å². The van der Waals surface area contributed by atoms with Crippen LogP contribution in [0.1, 0.15) is 31.9 Å². The molecule has 4 nitrogen and oxygen atoms in total. The fourth-order valence-electron chi connectivity index (χ4n) is 3.42. The number of thiocarbonyl (C=S) groups is 1. The average molecular weight is 365 g/mol. The zero-order valence-corrected chi connectivity index (χ0v) is 16.1. The molecule has 0 fully saturated rings. The van der Waals surface area contributed by atoms with Gasteiger partial charge in [0.15, 0.2) is 9.84 Å². The second kappa shape index (κ2) is 6.48. The van der Waals surface area contributed by atoms with Gasteiger partial charge in [-0.1, -0.05) is 39.1 Å². The minimum absolute atomic E-state index is 0.118.